The Morgan fingerprint density at radius 3 is 3.07 bits per heavy atom. The zero-order valence-corrected chi connectivity index (χ0v) is 17.3. The van der Waals surface area contributed by atoms with Crippen molar-refractivity contribution in [3.05, 3.63) is 47.5 Å². The Morgan fingerprint density at radius 2 is 2.20 bits per heavy atom. The molecular formula is C21H22ClN7O. The molecule has 1 aliphatic heterocycles. The molecule has 1 aromatic carbocycles. The molecule has 3 aromatic heterocycles. The molecular weight excluding hydrogens is 402 g/mol. The largest absolute Gasteiger partial charge is 0.376 e. The number of fused-ring (bicyclic) bond motifs is 2. The van der Waals surface area contributed by atoms with Gasteiger partial charge in [0.1, 0.15) is 17.7 Å². The van der Waals surface area contributed by atoms with Crippen molar-refractivity contribution in [1.82, 2.24) is 24.9 Å². The molecule has 1 saturated heterocycles. The molecule has 0 spiro atoms. The molecule has 0 amide bonds. The summed E-state index contributed by atoms with van der Waals surface area (Å²) in [7, 11) is 0. The summed E-state index contributed by atoms with van der Waals surface area (Å²) in [5.41, 5.74) is 3.20. The summed E-state index contributed by atoms with van der Waals surface area (Å²) in [5.74, 6) is 1.49. The highest BCUT2D eigenvalue weighted by atomic mass is 35.5. The van der Waals surface area contributed by atoms with E-state index in [2.05, 4.69) is 43.6 Å². The van der Waals surface area contributed by atoms with Gasteiger partial charge < -0.3 is 20.4 Å². The van der Waals surface area contributed by atoms with Crippen LogP contribution in [0.1, 0.15) is 31.4 Å². The minimum absolute atomic E-state index is 0.0747. The number of para-hydroxylation sites is 1. The second-order valence-electron chi connectivity index (χ2n) is 7.44. The lowest BCUT2D eigenvalue weighted by Gasteiger charge is -2.21. The number of anilines is 2. The number of nitrogens with one attached hydrogen (secondary N) is 3. The average molecular weight is 424 g/mol. The third-order valence-corrected chi connectivity index (χ3v) is 5.69. The predicted molar refractivity (Wildman–Crippen MR) is 118 cm³/mol. The molecule has 0 saturated carbocycles. The summed E-state index contributed by atoms with van der Waals surface area (Å²) in [4.78, 5) is 20.7. The third-order valence-electron chi connectivity index (χ3n) is 5.39. The van der Waals surface area contributed by atoms with Gasteiger partial charge in [-0.25, -0.2) is 19.9 Å². The molecule has 4 aromatic rings. The van der Waals surface area contributed by atoms with Crippen molar-refractivity contribution in [1.29, 1.82) is 0 Å². The number of benzene rings is 1. The number of hydrogen-bond donors (Lipinski definition) is 3. The van der Waals surface area contributed by atoms with Gasteiger partial charge in [-0.15, -0.1) is 0 Å². The second kappa shape index (κ2) is 8.04. The van der Waals surface area contributed by atoms with E-state index in [9.17, 15) is 0 Å². The van der Waals surface area contributed by atoms with Crippen LogP contribution >= 0.6 is 11.6 Å². The van der Waals surface area contributed by atoms with E-state index in [4.69, 9.17) is 21.3 Å². The van der Waals surface area contributed by atoms with E-state index in [1.165, 1.54) is 6.33 Å². The van der Waals surface area contributed by atoms with Crippen LogP contribution in [0.25, 0.3) is 22.1 Å². The Balaban J connectivity index is 1.50. The number of aromatic nitrogens is 5. The van der Waals surface area contributed by atoms with Crippen LogP contribution in [0, 0.1) is 0 Å². The Labute approximate surface area is 178 Å². The number of imidazole rings is 1. The maximum absolute atomic E-state index is 6.41. The van der Waals surface area contributed by atoms with Crippen LogP contribution in [-0.2, 0) is 4.74 Å². The molecule has 0 radical (unpaired) electrons. The first-order valence-electron chi connectivity index (χ1n) is 10.0. The predicted octanol–water partition coefficient (Wildman–Crippen LogP) is 4.32. The quantitative estimate of drug-likeness (QED) is 0.424. The molecule has 0 unspecified atom stereocenters. The van der Waals surface area contributed by atoms with Crippen LogP contribution in [0.2, 0.25) is 5.02 Å². The first kappa shape index (κ1) is 19.0. The number of aromatic amines is 1. The number of rotatable bonds is 6. The maximum atomic E-state index is 6.41. The molecule has 2 atom stereocenters. The fourth-order valence-electron chi connectivity index (χ4n) is 3.82. The Bertz CT molecular complexity index is 1190. The molecule has 0 aliphatic carbocycles. The van der Waals surface area contributed by atoms with E-state index in [1.54, 1.807) is 6.33 Å². The smallest absolute Gasteiger partial charge is 0.182 e. The topological polar surface area (TPSA) is 101 Å². The summed E-state index contributed by atoms with van der Waals surface area (Å²) >= 11 is 6.41. The van der Waals surface area contributed by atoms with Gasteiger partial charge in [-0.1, -0.05) is 23.7 Å². The Morgan fingerprint density at radius 1 is 1.27 bits per heavy atom. The summed E-state index contributed by atoms with van der Waals surface area (Å²) < 4.78 is 5.76. The number of pyridine rings is 1. The summed E-state index contributed by atoms with van der Waals surface area (Å²) in [6.07, 6.45) is 5.48. The number of H-pyrrole nitrogens is 1. The van der Waals surface area contributed by atoms with Crippen molar-refractivity contribution in [3.8, 4) is 0 Å². The lowest BCUT2D eigenvalue weighted by Crippen LogP contribution is -2.21. The van der Waals surface area contributed by atoms with Crippen molar-refractivity contribution in [2.24, 2.45) is 0 Å². The minimum atomic E-state index is -0.0747. The second-order valence-corrected chi connectivity index (χ2v) is 7.85. The Hall–Kier alpha value is -2.97. The van der Waals surface area contributed by atoms with Gasteiger partial charge in [0.15, 0.2) is 11.5 Å². The van der Waals surface area contributed by atoms with Gasteiger partial charge in [-0.2, -0.15) is 0 Å². The molecule has 9 heteroatoms. The summed E-state index contributed by atoms with van der Waals surface area (Å²) in [6.45, 7) is 3.61. The van der Waals surface area contributed by atoms with E-state index >= 15 is 0 Å². The van der Waals surface area contributed by atoms with Crippen LogP contribution in [0.3, 0.4) is 0 Å². The summed E-state index contributed by atoms with van der Waals surface area (Å²) in [6, 6.07) is 7.86. The van der Waals surface area contributed by atoms with Gasteiger partial charge in [0.25, 0.3) is 0 Å². The molecule has 154 valence electrons. The van der Waals surface area contributed by atoms with Gasteiger partial charge in [0, 0.05) is 24.1 Å². The number of halogens is 1. The molecule has 30 heavy (non-hydrogen) atoms. The number of nitrogens with zero attached hydrogens (tertiary/aromatic N) is 4. The standard InChI is InChI=1S/C21H22ClN7O/c1-12(28-21-18-20(25-10-24-18)26-11-27-21)15-8-13-4-2-6-16(22)17(13)29-19(15)23-9-14-5-3-7-30-14/h2,4,6,8,10-12,14H,3,5,7,9H2,1H3,(H,23,29)(H2,24,25,26,27,28)/t12-,14-/m0/s1. The van der Waals surface area contributed by atoms with E-state index in [1.807, 2.05) is 18.2 Å². The number of hydrogen-bond acceptors (Lipinski definition) is 7. The molecule has 1 aliphatic rings. The zero-order valence-electron chi connectivity index (χ0n) is 16.5. The van der Waals surface area contributed by atoms with Crippen molar-refractivity contribution >= 4 is 45.3 Å². The minimum Gasteiger partial charge on any atom is -0.376 e. The number of ether oxygens (including phenoxy) is 1. The van der Waals surface area contributed by atoms with Crippen LogP contribution in [0.4, 0.5) is 11.6 Å². The highest BCUT2D eigenvalue weighted by molar-refractivity contribution is 6.35. The highest BCUT2D eigenvalue weighted by Crippen LogP contribution is 2.32. The van der Waals surface area contributed by atoms with Gasteiger partial charge in [0.05, 0.1) is 29.0 Å². The Kier molecular flexibility index (Phi) is 5.10. The van der Waals surface area contributed by atoms with E-state index in [0.29, 0.717) is 23.0 Å². The van der Waals surface area contributed by atoms with Crippen molar-refractivity contribution < 1.29 is 4.74 Å². The fraction of sp³-hybridized carbons (Fsp3) is 0.333. The van der Waals surface area contributed by atoms with Gasteiger partial charge in [-0.3, -0.25) is 0 Å². The van der Waals surface area contributed by atoms with Crippen molar-refractivity contribution in [2.75, 3.05) is 23.8 Å². The lowest BCUT2D eigenvalue weighted by molar-refractivity contribution is 0.120. The highest BCUT2D eigenvalue weighted by Gasteiger charge is 2.20. The van der Waals surface area contributed by atoms with Gasteiger partial charge in [-0.05, 0) is 31.9 Å². The SMILES string of the molecule is C[C@H](Nc1ncnc2nc[nH]c12)c1cc2cccc(Cl)c2nc1NC[C@@H]1CCCO1. The molecule has 1 fully saturated rings. The van der Waals surface area contributed by atoms with Crippen LogP contribution < -0.4 is 10.6 Å². The summed E-state index contributed by atoms with van der Waals surface area (Å²) in [5, 5.41) is 8.58. The first-order valence-corrected chi connectivity index (χ1v) is 10.4. The first-order chi connectivity index (χ1) is 14.7. The normalized spacial score (nSPS) is 17.5. The molecule has 0 bridgehead atoms. The van der Waals surface area contributed by atoms with E-state index in [0.717, 1.165) is 47.2 Å². The van der Waals surface area contributed by atoms with Crippen LogP contribution in [-0.4, -0.2) is 44.2 Å². The molecule has 3 N–H and O–H groups in total. The van der Waals surface area contributed by atoms with Crippen LogP contribution in [0.5, 0.6) is 0 Å². The van der Waals surface area contributed by atoms with Crippen molar-refractivity contribution in [3.63, 3.8) is 0 Å². The fourth-order valence-corrected chi connectivity index (χ4v) is 4.05. The molecule has 4 heterocycles. The average Bonchev–Trinajstić information content (AvgIpc) is 3.44. The zero-order chi connectivity index (χ0) is 20.5. The third kappa shape index (κ3) is 3.64. The van der Waals surface area contributed by atoms with Gasteiger partial charge in [0.2, 0.25) is 0 Å². The molecule has 5 rings (SSSR count). The van der Waals surface area contributed by atoms with E-state index < -0.39 is 0 Å². The van der Waals surface area contributed by atoms with Crippen LogP contribution in [0.15, 0.2) is 36.9 Å². The molecule has 8 nitrogen and oxygen atoms in total. The maximum Gasteiger partial charge on any atom is 0.182 e. The lowest BCUT2D eigenvalue weighted by atomic mass is 10.1. The monoisotopic (exact) mass is 423 g/mol. The van der Waals surface area contributed by atoms with E-state index in [-0.39, 0.29) is 12.1 Å². The van der Waals surface area contributed by atoms with Gasteiger partial charge >= 0.3 is 0 Å². The van der Waals surface area contributed by atoms with Crippen molar-refractivity contribution in [2.45, 2.75) is 31.9 Å².